The number of para-hydroxylation sites is 1. The molecule has 0 saturated carbocycles. The summed E-state index contributed by atoms with van der Waals surface area (Å²) in [5.74, 6) is 1.59. The molecule has 0 fully saturated rings. The van der Waals surface area contributed by atoms with Gasteiger partial charge in [0, 0.05) is 22.9 Å². The first kappa shape index (κ1) is 17.7. The Bertz CT molecular complexity index is 646. The van der Waals surface area contributed by atoms with E-state index in [4.69, 9.17) is 16.3 Å². The summed E-state index contributed by atoms with van der Waals surface area (Å²) in [5.41, 5.74) is 2.13. The SMILES string of the molecule is COc1ccccc1CNC(=O)[C@H](C)SCc1ccc(Cl)cc1. The Morgan fingerprint density at radius 3 is 2.61 bits per heavy atom. The van der Waals surface area contributed by atoms with Crippen molar-refractivity contribution in [2.24, 2.45) is 0 Å². The largest absolute Gasteiger partial charge is 0.496 e. The fourth-order valence-electron chi connectivity index (χ4n) is 2.05. The third-order valence-electron chi connectivity index (χ3n) is 3.43. The Kier molecular flexibility index (Phi) is 6.81. The van der Waals surface area contributed by atoms with Crippen LogP contribution < -0.4 is 10.1 Å². The van der Waals surface area contributed by atoms with Crippen molar-refractivity contribution in [3.63, 3.8) is 0 Å². The molecule has 0 aliphatic heterocycles. The lowest BCUT2D eigenvalue weighted by atomic mass is 10.2. The summed E-state index contributed by atoms with van der Waals surface area (Å²) >= 11 is 7.47. The lowest BCUT2D eigenvalue weighted by molar-refractivity contribution is -0.120. The van der Waals surface area contributed by atoms with Gasteiger partial charge >= 0.3 is 0 Å². The maximum absolute atomic E-state index is 12.2. The third kappa shape index (κ3) is 5.48. The van der Waals surface area contributed by atoms with E-state index in [2.05, 4.69) is 5.32 Å². The lowest BCUT2D eigenvalue weighted by Gasteiger charge is -2.13. The highest BCUT2D eigenvalue weighted by atomic mass is 35.5. The first-order valence-corrected chi connectivity index (χ1v) is 8.78. The van der Waals surface area contributed by atoms with Crippen molar-refractivity contribution in [2.75, 3.05) is 7.11 Å². The summed E-state index contributed by atoms with van der Waals surface area (Å²) in [4.78, 5) is 12.2. The molecule has 0 heterocycles. The minimum absolute atomic E-state index is 0.0230. The first-order valence-electron chi connectivity index (χ1n) is 7.36. The van der Waals surface area contributed by atoms with Gasteiger partial charge in [0.15, 0.2) is 0 Å². The van der Waals surface area contributed by atoms with Crippen LogP contribution in [-0.2, 0) is 17.1 Å². The van der Waals surface area contributed by atoms with E-state index in [1.54, 1.807) is 18.9 Å². The minimum atomic E-state index is -0.125. The Hall–Kier alpha value is -1.65. The van der Waals surface area contributed by atoms with Gasteiger partial charge in [-0.05, 0) is 30.7 Å². The number of rotatable bonds is 7. The van der Waals surface area contributed by atoms with Crippen LogP contribution in [0.1, 0.15) is 18.1 Å². The number of halogens is 1. The van der Waals surface area contributed by atoms with E-state index < -0.39 is 0 Å². The third-order valence-corrected chi connectivity index (χ3v) is 4.89. The van der Waals surface area contributed by atoms with Gasteiger partial charge in [0.1, 0.15) is 5.75 Å². The fourth-order valence-corrected chi connectivity index (χ4v) is 3.05. The van der Waals surface area contributed by atoms with E-state index in [1.807, 2.05) is 55.5 Å². The molecule has 122 valence electrons. The van der Waals surface area contributed by atoms with Gasteiger partial charge < -0.3 is 10.1 Å². The van der Waals surface area contributed by atoms with E-state index >= 15 is 0 Å². The average molecular weight is 350 g/mol. The van der Waals surface area contributed by atoms with Crippen molar-refractivity contribution in [1.82, 2.24) is 5.32 Å². The molecular formula is C18H20ClNO2S. The zero-order chi connectivity index (χ0) is 16.7. The number of carbonyl (C=O) groups is 1. The maximum atomic E-state index is 12.2. The number of ether oxygens (including phenoxy) is 1. The highest BCUT2D eigenvalue weighted by molar-refractivity contribution is 7.99. The van der Waals surface area contributed by atoms with Gasteiger partial charge in [-0.3, -0.25) is 4.79 Å². The summed E-state index contributed by atoms with van der Waals surface area (Å²) in [6.07, 6.45) is 0. The second kappa shape index (κ2) is 8.85. The molecule has 0 aromatic heterocycles. The summed E-state index contributed by atoms with van der Waals surface area (Å²) < 4.78 is 5.29. The Morgan fingerprint density at radius 1 is 1.22 bits per heavy atom. The van der Waals surface area contributed by atoms with Crippen molar-refractivity contribution >= 4 is 29.3 Å². The van der Waals surface area contributed by atoms with Crippen LogP contribution in [0.4, 0.5) is 0 Å². The van der Waals surface area contributed by atoms with Gasteiger partial charge in [-0.15, -0.1) is 11.8 Å². The van der Waals surface area contributed by atoms with Crippen molar-refractivity contribution in [1.29, 1.82) is 0 Å². The van der Waals surface area contributed by atoms with Crippen LogP contribution in [0, 0.1) is 0 Å². The van der Waals surface area contributed by atoms with Crippen LogP contribution in [0.3, 0.4) is 0 Å². The molecule has 1 amide bonds. The Balaban J connectivity index is 1.81. The van der Waals surface area contributed by atoms with Gasteiger partial charge in [0.05, 0.1) is 12.4 Å². The normalized spacial score (nSPS) is 11.8. The quantitative estimate of drug-likeness (QED) is 0.810. The van der Waals surface area contributed by atoms with Crippen LogP contribution >= 0.6 is 23.4 Å². The van der Waals surface area contributed by atoms with Crippen molar-refractivity contribution < 1.29 is 9.53 Å². The standard InChI is InChI=1S/C18H20ClNO2S/c1-13(23-12-14-7-9-16(19)10-8-14)18(21)20-11-15-5-3-4-6-17(15)22-2/h3-10,13H,11-12H2,1-2H3,(H,20,21)/t13-/m0/s1. The molecule has 2 aromatic rings. The summed E-state index contributed by atoms with van der Waals surface area (Å²) in [7, 11) is 1.63. The molecule has 1 N–H and O–H groups in total. The van der Waals surface area contributed by atoms with Crippen LogP contribution in [-0.4, -0.2) is 18.3 Å². The Labute approximate surface area is 146 Å². The second-order valence-electron chi connectivity index (χ2n) is 5.11. The van der Waals surface area contributed by atoms with Crippen LogP contribution in [0.25, 0.3) is 0 Å². The smallest absolute Gasteiger partial charge is 0.233 e. The van der Waals surface area contributed by atoms with Gasteiger partial charge in [0.2, 0.25) is 5.91 Å². The molecule has 0 aliphatic rings. The monoisotopic (exact) mass is 349 g/mol. The first-order chi connectivity index (χ1) is 11.1. The van der Waals surface area contributed by atoms with E-state index in [1.165, 1.54) is 0 Å². The molecule has 5 heteroatoms. The van der Waals surface area contributed by atoms with Gasteiger partial charge in [0.25, 0.3) is 0 Å². The van der Waals surface area contributed by atoms with Crippen molar-refractivity contribution in [2.45, 2.75) is 24.5 Å². The molecule has 1 atom stereocenters. The number of amides is 1. The molecule has 23 heavy (non-hydrogen) atoms. The number of thioether (sulfide) groups is 1. The number of carbonyl (C=O) groups excluding carboxylic acids is 1. The average Bonchev–Trinajstić information content (AvgIpc) is 2.59. The van der Waals surface area contributed by atoms with E-state index in [0.717, 1.165) is 27.7 Å². The van der Waals surface area contributed by atoms with Crippen molar-refractivity contribution in [3.05, 3.63) is 64.7 Å². The molecule has 0 saturated heterocycles. The minimum Gasteiger partial charge on any atom is -0.496 e. The van der Waals surface area contributed by atoms with Gasteiger partial charge in [-0.1, -0.05) is 41.9 Å². The zero-order valence-electron chi connectivity index (χ0n) is 13.2. The number of hydrogen-bond acceptors (Lipinski definition) is 3. The number of benzene rings is 2. The number of methoxy groups -OCH3 is 1. The molecule has 2 rings (SSSR count). The summed E-state index contributed by atoms with van der Waals surface area (Å²) in [6, 6.07) is 15.4. The predicted octanol–water partition coefficient (Wildman–Crippen LogP) is 4.29. The van der Waals surface area contributed by atoms with E-state index in [0.29, 0.717) is 6.54 Å². The highest BCUT2D eigenvalue weighted by Crippen LogP contribution is 2.20. The molecule has 0 spiro atoms. The molecule has 0 radical (unpaired) electrons. The molecule has 2 aromatic carbocycles. The van der Waals surface area contributed by atoms with Crippen molar-refractivity contribution in [3.8, 4) is 5.75 Å². The lowest BCUT2D eigenvalue weighted by Crippen LogP contribution is -2.30. The topological polar surface area (TPSA) is 38.3 Å². The number of nitrogens with one attached hydrogen (secondary N) is 1. The van der Waals surface area contributed by atoms with Gasteiger partial charge in [-0.2, -0.15) is 0 Å². The fraction of sp³-hybridized carbons (Fsp3) is 0.278. The van der Waals surface area contributed by atoms with E-state index in [-0.39, 0.29) is 11.2 Å². The molecule has 0 bridgehead atoms. The number of hydrogen-bond donors (Lipinski definition) is 1. The summed E-state index contributed by atoms with van der Waals surface area (Å²) in [5, 5.41) is 3.56. The molecule has 0 unspecified atom stereocenters. The predicted molar refractivity (Wildman–Crippen MR) is 97.0 cm³/mol. The van der Waals surface area contributed by atoms with E-state index in [9.17, 15) is 4.79 Å². The molecular weight excluding hydrogens is 330 g/mol. The molecule has 3 nitrogen and oxygen atoms in total. The zero-order valence-corrected chi connectivity index (χ0v) is 14.8. The van der Waals surface area contributed by atoms with Crippen LogP contribution in [0.15, 0.2) is 48.5 Å². The van der Waals surface area contributed by atoms with Crippen LogP contribution in [0.2, 0.25) is 5.02 Å². The Morgan fingerprint density at radius 2 is 1.91 bits per heavy atom. The molecule has 0 aliphatic carbocycles. The summed E-state index contributed by atoms with van der Waals surface area (Å²) in [6.45, 7) is 2.38. The van der Waals surface area contributed by atoms with Crippen LogP contribution in [0.5, 0.6) is 5.75 Å². The maximum Gasteiger partial charge on any atom is 0.233 e. The van der Waals surface area contributed by atoms with Gasteiger partial charge in [-0.25, -0.2) is 0 Å². The highest BCUT2D eigenvalue weighted by Gasteiger charge is 2.14. The second-order valence-corrected chi connectivity index (χ2v) is 6.87.